The number of anilines is 1. The van der Waals surface area contributed by atoms with Crippen molar-refractivity contribution in [1.29, 1.82) is 0 Å². The molecule has 0 saturated heterocycles. The number of nitrogens with one attached hydrogen (secondary N) is 1. The zero-order chi connectivity index (χ0) is 26.5. The average Bonchev–Trinajstić information content (AvgIpc) is 2.86. The molecular weight excluding hydrogens is 498 g/mol. The van der Waals surface area contributed by atoms with Gasteiger partial charge in [-0.3, -0.25) is 13.9 Å². The molecule has 0 aliphatic carbocycles. The molecule has 3 aromatic carbocycles. The van der Waals surface area contributed by atoms with Crippen LogP contribution in [-0.2, 0) is 26.2 Å². The SMILES string of the molecule is CNC(=O)[C@H](C)N(Cc1ccc(C)cc1)C(=O)CN(c1cccc(C)c1)S(=O)(=O)c1ccc(Cl)cc1. The van der Waals surface area contributed by atoms with Crippen LogP contribution in [0.1, 0.15) is 23.6 Å². The van der Waals surface area contributed by atoms with Gasteiger partial charge in [-0.25, -0.2) is 8.42 Å². The number of benzene rings is 3. The van der Waals surface area contributed by atoms with Crippen molar-refractivity contribution in [2.45, 2.75) is 38.3 Å². The van der Waals surface area contributed by atoms with E-state index in [0.29, 0.717) is 10.7 Å². The van der Waals surface area contributed by atoms with Gasteiger partial charge in [-0.05, 0) is 68.3 Å². The summed E-state index contributed by atoms with van der Waals surface area (Å²) in [5.74, 6) is -0.858. The number of rotatable bonds is 9. The molecule has 1 N–H and O–H groups in total. The third-order valence-corrected chi connectivity index (χ3v) is 7.90. The van der Waals surface area contributed by atoms with Gasteiger partial charge in [0.15, 0.2) is 0 Å². The van der Waals surface area contributed by atoms with Crippen molar-refractivity contribution in [3.8, 4) is 0 Å². The third-order valence-electron chi connectivity index (χ3n) is 5.86. The first-order chi connectivity index (χ1) is 17.0. The molecule has 0 spiro atoms. The summed E-state index contributed by atoms with van der Waals surface area (Å²) in [5.41, 5.74) is 3.08. The van der Waals surface area contributed by atoms with Crippen LogP contribution in [0.15, 0.2) is 77.7 Å². The smallest absolute Gasteiger partial charge is 0.264 e. The van der Waals surface area contributed by atoms with Gasteiger partial charge in [-0.15, -0.1) is 0 Å². The fourth-order valence-corrected chi connectivity index (χ4v) is 5.26. The number of hydrogen-bond donors (Lipinski definition) is 1. The largest absolute Gasteiger partial charge is 0.357 e. The molecule has 0 saturated carbocycles. The van der Waals surface area contributed by atoms with Crippen molar-refractivity contribution in [3.63, 3.8) is 0 Å². The Morgan fingerprint density at radius 2 is 1.58 bits per heavy atom. The lowest BCUT2D eigenvalue weighted by atomic mass is 10.1. The number of likely N-dealkylation sites (N-methyl/N-ethyl adjacent to an activating group) is 1. The maximum absolute atomic E-state index is 13.7. The van der Waals surface area contributed by atoms with Crippen LogP contribution < -0.4 is 9.62 Å². The second kappa shape index (κ2) is 11.6. The highest BCUT2D eigenvalue weighted by Gasteiger charge is 2.32. The minimum Gasteiger partial charge on any atom is -0.357 e. The molecule has 7 nitrogen and oxygen atoms in total. The Labute approximate surface area is 217 Å². The van der Waals surface area contributed by atoms with Crippen LogP contribution in [0.4, 0.5) is 5.69 Å². The first-order valence-corrected chi connectivity index (χ1v) is 13.3. The van der Waals surface area contributed by atoms with E-state index in [1.54, 1.807) is 25.1 Å². The molecule has 0 bridgehead atoms. The van der Waals surface area contributed by atoms with Crippen LogP contribution in [-0.4, -0.2) is 44.8 Å². The maximum atomic E-state index is 13.7. The summed E-state index contributed by atoms with van der Waals surface area (Å²) >= 11 is 5.96. The Kier molecular flexibility index (Phi) is 8.76. The molecular formula is C27H30ClN3O4S. The van der Waals surface area contributed by atoms with Gasteiger partial charge >= 0.3 is 0 Å². The Bertz CT molecular complexity index is 1330. The Morgan fingerprint density at radius 1 is 0.944 bits per heavy atom. The van der Waals surface area contributed by atoms with Crippen molar-refractivity contribution in [2.24, 2.45) is 0 Å². The predicted octanol–water partition coefficient (Wildman–Crippen LogP) is 4.32. The van der Waals surface area contributed by atoms with E-state index in [2.05, 4.69) is 5.32 Å². The zero-order valence-electron chi connectivity index (χ0n) is 20.7. The monoisotopic (exact) mass is 527 g/mol. The quantitative estimate of drug-likeness (QED) is 0.449. The van der Waals surface area contributed by atoms with Crippen molar-refractivity contribution >= 4 is 39.1 Å². The molecule has 0 radical (unpaired) electrons. The van der Waals surface area contributed by atoms with Crippen LogP contribution >= 0.6 is 11.6 Å². The molecule has 1 atom stereocenters. The normalized spacial score (nSPS) is 12.0. The molecule has 36 heavy (non-hydrogen) atoms. The van der Waals surface area contributed by atoms with Gasteiger partial charge in [0.2, 0.25) is 11.8 Å². The molecule has 0 heterocycles. The number of halogens is 1. The van der Waals surface area contributed by atoms with Crippen LogP contribution in [0.25, 0.3) is 0 Å². The summed E-state index contributed by atoms with van der Waals surface area (Å²) in [5, 5.41) is 2.97. The molecule has 3 rings (SSSR count). The summed E-state index contributed by atoms with van der Waals surface area (Å²) in [4.78, 5) is 27.6. The molecule has 0 aliphatic heterocycles. The summed E-state index contributed by atoms with van der Waals surface area (Å²) in [7, 11) is -2.62. The van der Waals surface area contributed by atoms with Crippen LogP contribution in [0.5, 0.6) is 0 Å². The summed E-state index contributed by atoms with van der Waals surface area (Å²) in [6, 6.07) is 19.5. The van der Waals surface area contributed by atoms with Crippen LogP contribution in [0.2, 0.25) is 5.02 Å². The van der Waals surface area contributed by atoms with Gasteiger partial charge in [-0.1, -0.05) is 53.6 Å². The fraction of sp³-hybridized carbons (Fsp3) is 0.259. The average molecular weight is 528 g/mol. The van der Waals surface area contributed by atoms with E-state index in [9.17, 15) is 18.0 Å². The lowest BCUT2D eigenvalue weighted by Crippen LogP contribution is -2.50. The first kappa shape index (κ1) is 27.2. The van der Waals surface area contributed by atoms with Crippen LogP contribution in [0, 0.1) is 13.8 Å². The highest BCUT2D eigenvalue weighted by atomic mass is 35.5. The van der Waals surface area contributed by atoms with E-state index in [0.717, 1.165) is 21.0 Å². The molecule has 190 valence electrons. The van der Waals surface area contributed by atoms with Gasteiger partial charge in [0.1, 0.15) is 12.6 Å². The molecule has 0 unspecified atom stereocenters. The molecule has 0 aromatic heterocycles. The standard InChI is InChI=1S/C27H30ClN3O4S/c1-19-8-10-22(11-9-19)17-30(21(3)27(33)29-4)26(32)18-31(24-7-5-6-20(2)16-24)36(34,35)25-14-12-23(28)13-15-25/h5-16,21H,17-18H2,1-4H3,(H,29,33)/t21-/m0/s1. The molecule has 9 heteroatoms. The number of amides is 2. The zero-order valence-corrected chi connectivity index (χ0v) is 22.3. The van der Waals surface area contributed by atoms with E-state index in [1.165, 1.54) is 36.2 Å². The number of carbonyl (C=O) groups is 2. The summed E-state index contributed by atoms with van der Waals surface area (Å²) < 4.78 is 28.5. The molecule has 0 aliphatic rings. The summed E-state index contributed by atoms with van der Waals surface area (Å²) in [6.45, 7) is 5.09. The Balaban J connectivity index is 2.02. The van der Waals surface area contributed by atoms with Crippen molar-refractivity contribution < 1.29 is 18.0 Å². The van der Waals surface area contributed by atoms with Gasteiger partial charge < -0.3 is 10.2 Å². The van der Waals surface area contributed by atoms with Gasteiger partial charge in [0, 0.05) is 18.6 Å². The van der Waals surface area contributed by atoms with Gasteiger partial charge in [-0.2, -0.15) is 0 Å². The van der Waals surface area contributed by atoms with Crippen molar-refractivity contribution in [1.82, 2.24) is 10.2 Å². The lowest BCUT2D eigenvalue weighted by molar-refractivity contribution is -0.139. The fourth-order valence-electron chi connectivity index (χ4n) is 3.73. The molecule has 3 aromatic rings. The number of hydrogen-bond acceptors (Lipinski definition) is 4. The predicted molar refractivity (Wildman–Crippen MR) is 142 cm³/mol. The second-order valence-electron chi connectivity index (χ2n) is 8.60. The highest BCUT2D eigenvalue weighted by Crippen LogP contribution is 2.26. The molecule has 2 amide bonds. The van der Waals surface area contributed by atoms with E-state index in [4.69, 9.17) is 11.6 Å². The number of nitrogens with zero attached hydrogens (tertiary/aromatic N) is 2. The topological polar surface area (TPSA) is 86.8 Å². The lowest BCUT2D eigenvalue weighted by Gasteiger charge is -2.32. The minimum absolute atomic E-state index is 0.00522. The van der Waals surface area contributed by atoms with E-state index in [1.807, 2.05) is 44.2 Å². The van der Waals surface area contributed by atoms with Crippen molar-refractivity contribution in [3.05, 3.63) is 94.5 Å². The van der Waals surface area contributed by atoms with Gasteiger partial charge in [0.25, 0.3) is 10.0 Å². The van der Waals surface area contributed by atoms with E-state index in [-0.39, 0.29) is 17.3 Å². The first-order valence-electron chi connectivity index (χ1n) is 11.4. The maximum Gasteiger partial charge on any atom is 0.264 e. The van der Waals surface area contributed by atoms with E-state index >= 15 is 0 Å². The van der Waals surface area contributed by atoms with Crippen molar-refractivity contribution in [2.75, 3.05) is 17.9 Å². The summed E-state index contributed by atoms with van der Waals surface area (Å²) in [6.07, 6.45) is 0. The second-order valence-corrected chi connectivity index (χ2v) is 10.9. The molecule has 0 fully saturated rings. The Morgan fingerprint density at radius 3 is 2.17 bits per heavy atom. The van der Waals surface area contributed by atoms with E-state index < -0.39 is 28.5 Å². The number of sulfonamides is 1. The number of aryl methyl sites for hydroxylation is 2. The van der Waals surface area contributed by atoms with Crippen LogP contribution in [0.3, 0.4) is 0 Å². The van der Waals surface area contributed by atoms with Gasteiger partial charge in [0.05, 0.1) is 10.6 Å². The number of carbonyl (C=O) groups excluding carboxylic acids is 2. The Hall–Kier alpha value is -3.36. The minimum atomic E-state index is -4.12. The highest BCUT2D eigenvalue weighted by molar-refractivity contribution is 7.92. The third kappa shape index (κ3) is 6.44.